The van der Waals surface area contributed by atoms with Crippen LogP contribution in [0.15, 0.2) is 11.6 Å². The molecule has 4 aliphatic carbocycles. The fourth-order valence-electron chi connectivity index (χ4n) is 7.36. The van der Waals surface area contributed by atoms with Crippen LogP contribution in [0.4, 0.5) is 0 Å². The number of thiol groups is 1. The maximum absolute atomic E-state index is 12.0. The second kappa shape index (κ2) is 6.35. The number of rotatable bonds is 3. The number of aliphatic hydroxyl groups is 1. The predicted octanol–water partition coefficient (Wildman–Crippen LogP) is 4.02. The zero-order valence-corrected chi connectivity index (χ0v) is 17.3. The first kappa shape index (κ1) is 19.5. The van der Waals surface area contributed by atoms with Crippen LogP contribution in [0.25, 0.3) is 0 Å². The molecule has 0 bridgehead atoms. The van der Waals surface area contributed by atoms with Crippen LogP contribution in [0.2, 0.25) is 0 Å². The zero-order chi connectivity index (χ0) is 19.6. The van der Waals surface area contributed by atoms with Gasteiger partial charge in [0.2, 0.25) is 0 Å². The van der Waals surface area contributed by atoms with Gasteiger partial charge in [0.15, 0.2) is 5.78 Å². The van der Waals surface area contributed by atoms with Crippen molar-refractivity contribution in [1.82, 2.24) is 0 Å². The molecular formula is C22H32O4S. The molecule has 0 aliphatic heterocycles. The van der Waals surface area contributed by atoms with Crippen molar-refractivity contribution in [2.24, 2.45) is 28.6 Å². The van der Waals surface area contributed by atoms with Crippen LogP contribution in [0, 0.1) is 28.6 Å². The molecule has 0 aromatic rings. The Kier molecular flexibility index (Phi) is 4.59. The van der Waals surface area contributed by atoms with Crippen molar-refractivity contribution in [1.29, 1.82) is 0 Å². The summed E-state index contributed by atoms with van der Waals surface area (Å²) in [5, 5.41) is 20.8. The number of carbonyl (C=O) groups excluding carboxylic acids is 1. The van der Waals surface area contributed by atoms with Gasteiger partial charge < -0.3 is 10.2 Å². The summed E-state index contributed by atoms with van der Waals surface area (Å²) in [5.74, 6) is 0.747. The summed E-state index contributed by atoms with van der Waals surface area (Å²) in [6.07, 6.45) is 8.35. The molecule has 2 N–H and O–H groups in total. The van der Waals surface area contributed by atoms with Gasteiger partial charge in [-0.1, -0.05) is 19.4 Å². The van der Waals surface area contributed by atoms with E-state index in [1.54, 1.807) is 0 Å². The van der Waals surface area contributed by atoms with E-state index in [0.29, 0.717) is 37.0 Å². The summed E-state index contributed by atoms with van der Waals surface area (Å²) in [5.41, 5.74) is 0.268. The van der Waals surface area contributed by atoms with E-state index in [-0.39, 0.29) is 28.3 Å². The summed E-state index contributed by atoms with van der Waals surface area (Å²) in [6.45, 7) is 4.54. The van der Waals surface area contributed by atoms with Crippen LogP contribution in [0.1, 0.15) is 71.6 Å². The minimum absolute atomic E-state index is 0.0317. The number of carbonyl (C=O) groups is 2. The molecule has 1 unspecified atom stereocenters. The monoisotopic (exact) mass is 392 g/mol. The average molecular weight is 393 g/mol. The van der Waals surface area contributed by atoms with Crippen LogP contribution in [-0.2, 0) is 9.59 Å². The molecule has 3 saturated carbocycles. The maximum Gasteiger partial charge on any atom is 0.303 e. The lowest BCUT2D eigenvalue weighted by Gasteiger charge is -2.60. The summed E-state index contributed by atoms with van der Waals surface area (Å²) in [6, 6.07) is 0. The molecule has 4 rings (SSSR count). The van der Waals surface area contributed by atoms with Crippen molar-refractivity contribution in [2.75, 3.05) is 0 Å². The molecular weight excluding hydrogens is 360 g/mol. The average Bonchev–Trinajstić information content (AvgIpc) is 2.87. The van der Waals surface area contributed by atoms with Gasteiger partial charge in [-0.2, -0.15) is 12.6 Å². The highest BCUT2D eigenvalue weighted by molar-refractivity contribution is 7.81. The van der Waals surface area contributed by atoms with Gasteiger partial charge in [0.1, 0.15) is 0 Å². The Morgan fingerprint density at radius 1 is 1.22 bits per heavy atom. The molecule has 0 aromatic carbocycles. The molecule has 0 amide bonds. The minimum atomic E-state index is -0.881. The van der Waals surface area contributed by atoms with E-state index in [0.717, 1.165) is 32.1 Å². The van der Waals surface area contributed by atoms with Crippen molar-refractivity contribution >= 4 is 24.4 Å². The first-order valence-corrected chi connectivity index (χ1v) is 11.0. The van der Waals surface area contributed by atoms with Crippen LogP contribution < -0.4 is 0 Å². The maximum atomic E-state index is 12.0. The van der Waals surface area contributed by atoms with Crippen molar-refractivity contribution in [3.8, 4) is 0 Å². The first-order valence-electron chi connectivity index (χ1n) is 10.5. The van der Waals surface area contributed by atoms with Crippen LogP contribution in [0.3, 0.4) is 0 Å². The zero-order valence-electron chi connectivity index (χ0n) is 16.4. The van der Waals surface area contributed by atoms with Gasteiger partial charge >= 0.3 is 5.97 Å². The third-order valence-electron chi connectivity index (χ3n) is 9.06. The highest BCUT2D eigenvalue weighted by Gasteiger charge is 2.65. The number of hydrogen-bond donors (Lipinski definition) is 3. The standard InChI is InChI=1S/C22H32O4S/c1-20-7-3-14(23)11-13(20)12-17(27)19-15(20)4-8-21(2)16(19)5-9-22(21,26)10-6-18(24)25/h11,15-17,19,26-27H,3-10,12H2,1-2H3,(H,24,25)/t15-,16-,17?,19+,20-,21-,22+/m0/s1. The summed E-state index contributed by atoms with van der Waals surface area (Å²) in [4.78, 5) is 23.1. The van der Waals surface area contributed by atoms with Crippen molar-refractivity contribution in [3.05, 3.63) is 11.6 Å². The van der Waals surface area contributed by atoms with E-state index in [1.165, 1.54) is 5.57 Å². The third kappa shape index (κ3) is 2.75. The third-order valence-corrected chi connectivity index (χ3v) is 9.58. The number of aliphatic carboxylic acids is 1. The van der Waals surface area contributed by atoms with E-state index >= 15 is 0 Å². The van der Waals surface area contributed by atoms with Crippen molar-refractivity contribution in [3.63, 3.8) is 0 Å². The van der Waals surface area contributed by atoms with Gasteiger partial charge in [0.25, 0.3) is 0 Å². The molecule has 5 heteroatoms. The summed E-state index contributed by atoms with van der Waals surface area (Å²) < 4.78 is 0. The Labute approximate surface area is 167 Å². The Hall–Kier alpha value is -0.810. The number of hydrogen-bond acceptors (Lipinski definition) is 4. The van der Waals surface area contributed by atoms with E-state index in [1.807, 2.05) is 6.08 Å². The lowest BCUT2D eigenvalue weighted by Crippen LogP contribution is -2.57. The molecule has 0 heterocycles. The Morgan fingerprint density at radius 3 is 2.63 bits per heavy atom. The minimum Gasteiger partial charge on any atom is -0.481 e. The number of fused-ring (bicyclic) bond motifs is 5. The lowest BCUT2D eigenvalue weighted by molar-refractivity contribution is -0.146. The van der Waals surface area contributed by atoms with Crippen LogP contribution in [-0.4, -0.2) is 32.8 Å². The predicted molar refractivity (Wildman–Crippen MR) is 107 cm³/mol. The first-order chi connectivity index (χ1) is 12.6. The Balaban J connectivity index is 1.66. The van der Waals surface area contributed by atoms with E-state index in [4.69, 9.17) is 17.7 Å². The van der Waals surface area contributed by atoms with Gasteiger partial charge in [-0.25, -0.2) is 0 Å². The molecule has 7 atom stereocenters. The molecule has 3 fully saturated rings. The Morgan fingerprint density at radius 2 is 1.93 bits per heavy atom. The molecule has 150 valence electrons. The number of allylic oxidation sites excluding steroid dienone is 1. The highest BCUT2D eigenvalue weighted by atomic mass is 32.1. The SMILES string of the molecule is C[C@]12CCC(=O)C=C1CC(S)[C@@H]1[C@@H]2CC[C@@]2(C)[C@H]1CC[C@@]2(O)CCC(=O)O. The van der Waals surface area contributed by atoms with Crippen molar-refractivity contribution in [2.45, 2.75) is 82.5 Å². The number of carboxylic acids is 1. The largest absolute Gasteiger partial charge is 0.481 e. The summed E-state index contributed by atoms with van der Waals surface area (Å²) in [7, 11) is 0. The summed E-state index contributed by atoms with van der Waals surface area (Å²) >= 11 is 5.00. The molecule has 4 aliphatic rings. The molecule has 0 saturated heterocycles. The van der Waals surface area contributed by atoms with Gasteiger partial charge in [-0.3, -0.25) is 9.59 Å². The molecule has 27 heavy (non-hydrogen) atoms. The molecule has 4 nitrogen and oxygen atoms in total. The topological polar surface area (TPSA) is 74.6 Å². The normalized spacial score (nSPS) is 49.0. The van der Waals surface area contributed by atoms with Gasteiger partial charge in [0, 0.05) is 18.1 Å². The molecule has 0 spiro atoms. The number of carboxylic acid groups (broad SMARTS) is 1. The quantitative estimate of drug-likeness (QED) is 0.634. The van der Waals surface area contributed by atoms with E-state index in [9.17, 15) is 14.7 Å². The highest BCUT2D eigenvalue weighted by Crippen LogP contribution is 2.68. The lowest BCUT2D eigenvalue weighted by atomic mass is 9.46. The smallest absolute Gasteiger partial charge is 0.303 e. The van der Waals surface area contributed by atoms with Crippen LogP contribution in [0.5, 0.6) is 0 Å². The molecule has 0 aromatic heterocycles. The number of ketones is 1. The van der Waals surface area contributed by atoms with Crippen LogP contribution >= 0.6 is 12.6 Å². The fraction of sp³-hybridized carbons (Fsp3) is 0.818. The van der Waals surface area contributed by atoms with Gasteiger partial charge in [-0.15, -0.1) is 0 Å². The van der Waals surface area contributed by atoms with Crippen molar-refractivity contribution < 1.29 is 19.8 Å². The fourth-order valence-corrected chi connectivity index (χ4v) is 7.97. The second-order valence-corrected chi connectivity index (χ2v) is 10.7. The Bertz CT molecular complexity index is 702. The second-order valence-electron chi connectivity index (χ2n) is 10.0. The van der Waals surface area contributed by atoms with Gasteiger partial charge in [-0.05, 0) is 79.6 Å². The van der Waals surface area contributed by atoms with E-state index < -0.39 is 11.6 Å². The molecule has 0 radical (unpaired) electrons. The van der Waals surface area contributed by atoms with Gasteiger partial charge in [0.05, 0.1) is 5.60 Å². The van der Waals surface area contributed by atoms with E-state index in [2.05, 4.69) is 13.8 Å².